The van der Waals surface area contributed by atoms with Crippen LogP contribution in [0, 0.1) is 5.82 Å². The highest BCUT2D eigenvalue weighted by atomic mass is 31.1. The fourth-order valence-electron chi connectivity index (χ4n) is 2.10. The van der Waals surface area contributed by atoms with E-state index in [1.54, 1.807) is 0 Å². The predicted octanol–water partition coefficient (Wildman–Crippen LogP) is 3.38. The van der Waals surface area contributed by atoms with E-state index in [4.69, 9.17) is 0 Å². The minimum Gasteiger partial charge on any atom is -0.259 e. The molecule has 0 N–H and O–H groups in total. The van der Waals surface area contributed by atoms with Gasteiger partial charge in [-0.15, -0.1) is 0 Å². The van der Waals surface area contributed by atoms with Crippen LogP contribution in [0.1, 0.15) is 24.8 Å². The molecule has 16 heavy (non-hydrogen) atoms. The van der Waals surface area contributed by atoms with Gasteiger partial charge in [0.25, 0.3) is 0 Å². The summed E-state index contributed by atoms with van der Waals surface area (Å²) in [5.41, 5.74) is 2.29. The van der Waals surface area contributed by atoms with Gasteiger partial charge in [-0.25, -0.2) is 9.15 Å². The van der Waals surface area contributed by atoms with Gasteiger partial charge in [0, 0.05) is 18.7 Å². The first-order chi connectivity index (χ1) is 7.84. The Bertz CT molecular complexity index is 410. The Morgan fingerprint density at radius 3 is 2.44 bits per heavy atom. The lowest BCUT2D eigenvalue weighted by molar-refractivity contribution is 0.374. The molecule has 1 atom stereocenters. The van der Waals surface area contributed by atoms with Gasteiger partial charge in [-0.1, -0.05) is 6.42 Å². The third kappa shape index (κ3) is 2.02. The Kier molecular flexibility index (Phi) is 2.74. The summed E-state index contributed by atoms with van der Waals surface area (Å²) in [7, 11) is -0.365. The Balaban J connectivity index is 1.66. The van der Waals surface area contributed by atoms with Crippen molar-refractivity contribution >= 4 is 13.7 Å². The maximum Gasteiger partial charge on any atom is 0.142 e. The van der Waals surface area contributed by atoms with Crippen molar-refractivity contribution in [3.63, 3.8) is 0 Å². The first-order valence-electron chi connectivity index (χ1n) is 5.74. The van der Waals surface area contributed by atoms with Gasteiger partial charge in [-0.3, -0.25) is 4.67 Å². The van der Waals surface area contributed by atoms with Crippen molar-refractivity contribution in [1.29, 1.82) is 0 Å². The van der Waals surface area contributed by atoms with Gasteiger partial charge < -0.3 is 0 Å². The summed E-state index contributed by atoms with van der Waals surface area (Å²) < 4.78 is 19.8. The Hall–Kier alpha value is -0.790. The summed E-state index contributed by atoms with van der Waals surface area (Å²) in [5.74, 6) is -0.174. The maximum atomic E-state index is 12.8. The molecule has 4 heteroatoms. The number of rotatable bonds is 2. The molecule has 2 heterocycles. The van der Waals surface area contributed by atoms with Gasteiger partial charge in [0.2, 0.25) is 0 Å². The summed E-state index contributed by atoms with van der Waals surface area (Å²) >= 11 is 0. The minimum atomic E-state index is -0.365. The van der Waals surface area contributed by atoms with Crippen molar-refractivity contribution in [1.82, 2.24) is 4.67 Å². The largest absolute Gasteiger partial charge is 0.259 e. The molecule has 0 saturated carbocycles. The minimum absolute atomic E-state index is 0.174. The molecule has 0 radical (unpaired) electrons. The second kappa shape index (κ2) is 4.23. The molecule has 2 aliphatic heterocycles. The van der Waals surface area contributed by atoms with Crippen LogP contribution < -0.4 is 0 Å². The number of hydrogen-bond acceptors (Lipinski definition) is 2. The molecule has 3 rings (SSSR count). The van der Waals surface area contributed by atoms with Crippen molar-refractivity contribution in [2.45, 2.75) is 19.3 Å². The average molecular weight is 236 g/mol. The zero-order chi connectivity index (χ0) is 11.0. The van der Waals surface area contributed by atoms with Crippen molar-refractivity contribution < 1.29 is 4.39 Å². The van der Waals surface area contributed by atoms with Crippen LogP contribution in [0.5, 0.6) is 0 Å². The van der Waals surface area contributed by atoms with Crippen molar-refractivity contribution in [2.24, 2.45) is 4.76 Å². The van der Waals surface area contributed by atoms with Gasteiger partial charge in [-0.05, 0) is 37.1 Å². The van der Waals surface area contributed by atoms with E-state index >= 15 is 0 Å². The van der Waals surface area contributed by atoms with Crippen molar-refractivity contribution in [3.05, 3.63) is 35.6 Å². The lowest BCUT2D eigenvalue weighted by Gasteiger charge is -2.24. The van der Waals surface area contributed by atoms with Gasteiger partial charge in [0.1, 0.15) is 19.5 Å². The number of halogens is 1. The van der Waals surface area contributed by atoms with E-state index in [0.717, 1.165) is 5.56 Å². The molecular formula is C12H14FN2P. The van der Waals surface area contributed by atoms with Crippen molar-refractivity contribution in [3.8, 4) is 0 Å². The molecule has 2 nitrogen and oxygen atoms in total. The highest BCUT2D eigenvalue weighted by Gasteiger charge is 2.35. The third-order valence-corrected chi connectivity index (χ3v) is 4.92. The van der Waals surface area contributed by atoms with Gasteiger partial charge in [-0.2, -0.15) is 0 Å². The molecule has 0 bridgehead atoms. The maximum absolute atomic E-state index is 12.8. The van der Waals surface area contributed by atoms with Crippen LogP contribution in [0.2, 0.25) is 0 Å². The Morgan fingerprint density at radius 2 is 1.75 bits per heavy atom. The second-order valence-electron chi connectivity index (χ2n) is 4.23. The Morgan fingerprint density at radius 1 is 1.06 bits per heavy atom. The van der Waals surface area contributed by atoms with Crippen molar-refractivity contribution in [2.75, 3.05) is 13.1 Å². The zero-order valence-corrected chi connectivity index (χ0v) is 9.96. The first-order valence-corrected chi connectivity index (χ1v) is 6.99. The van der Waals surface area contributed by atoms with E-state index in [-0.39, 0.29) is 14.0 Å². The molecule has 1 saturated heterocycles. The molecule has 1 aromatic carbocycles. The molecular weight excluding hydrogens is 222 g/mol. The molecule has 84 valence electrons. The quantitative estimate of drug-likeness (QED) is 0.719. The van der Waals surface area contributed by atoms with Crippen LogP contribution in [0.25, 0.3) is 0 Å². The molecule has 0 amide bonds. The van der Waals surface area contributed by atoms with Crippen LogP contribution >= 0.6 is 8.22 Å². The number of benzene rings is 1. The molecule has 0 aliphatic carbocycles. The van der Waals surface area contributed by atoms with E-state index in [2.05, 4.69) is 9.43 Å². The third-order valence-electron chi connectivity index (χ3n) is 3.04. The average Bonchev–Trinajstić information content (AvgIpc) is 3.11. The van der Waals surface area contributed by atoms with E-state index in [1.165, 1.54) is 49.9 Å². The molecule has 1 fully saturated rings. The summed E-state index contributed by atoms with van der Waals surface area (Å²) in [6.07, 6.45) is 3.95. The number of piperidine rings is 1. The molecule has 0 spiro atoms. The van der Waals surface area contributed by atoms with E-state index in [0.29, 0.717) is 0 Å². The fourth-order valence-corrected chi connectivity index (χ4v) is 3.91. The molecule has 1 unspecified atom stereocenters. The fraction of sp³-hybridized carbons (Fsp3) is 0.417. The SMILES string of the molecule is Fc1ccc(C2=NP2N2CCCCC2)cc1. The van der Waals surface area contributed by atoms with Gasteiger partial charge in [0.05, 0.1) is 0 Å². The lowest BCUT2D eigenvalue weighted by atomic mass is 10.2. The normalized spacial score (nSPS) is 25.3. The first kappa shape index (κ1) is 10.4. The van der Waals surface area contributed by atoms with Crippen LogP contribution in [-0.2, 0) is 0 Å². The highest BCUT2D eigenvalue weighted by molar-refractivity contribution is 7.81. The topological polar surface area (TPSA) is 15.6 Å². The summed E-state index contributed by atoms with van der Waals surface area (Å²) in [4.78, 5) is 0. The monoisotopic (exact) mass is 236 g/mol. The second-order valence-corrected chi connectivity index (χ2v) is 6.00. The number of nitrogens with zero attached hydrogens (tertiary/aromatic N) is 2. The summed E-state index contributed by atoms with van der Waals surface area (Å²) in [6, 6.07) is 6.70. The van der Waals surface area contributed by atoms with Gasteiger partial charge >= 0.3 is 0 Å². The van der Waals surface area contributed by atoms with E-state index < -0.39 is 0 Å². The van der Waals surface area contributed by atoms with E-state index in [9.17, 15) is 4.39 Å². The Labute approximate surface area is 96.0 Å². The standard InChI is InChI=1S/C12H14FN2P/c13-11-6-4-10(5-7-11)12-14-16(12)15-8-2-1-3-9-15/h4-7H,1-3,8-9H2. The summed E-state index contributed by atoms with van der Waals surface area (Å²) in [6.45, 7) is 2.36. The van der Waals surface area contributed by atoms with Crippen LogP contribution in [0.4, 0.5) is 4.39 Å². The van der Waals surface area contributed by atoms with Gasteiger partial charge in [0.15, 0.2) is 0 Å². The molecule has 0 aromatic heterocycles. The zero-order valence-electron chi connectivity index (χ0n) is 9.06. The predicted molar refractivity (Wildman–Crippen MR) is 65.3 cm³/mol. The van der Waals surface area contributed by atoms with Crippen LogP contribution in [-0.4, -0.2) is 23.2 Å². The lowest BCUT2D eigenvalue weighted by Crippen LogP contribution is -2.23. The van der Waals surface area contributed by atoms with Crippen LogP contribution in [0.3, 0.4) is 0 Å². The smallest absolute Gasteiger partial charge is 0.142 e. The molecule has 2 aliphatic rings. The van der Waals surface area contributed by atoms with E-state index in [1.807, 2.05) is 12.1 Å². The van der Waals surface area contributed by atoms with Crippen LogP contribution in [0.15, 0.2) is 29.0 Å². The number of hydrogen-bond donors (Lipinski definition) is 0. The summed E-state index contributed by atoms with van der Waals surface area (Å²) in [5, 5.41) is 0. The highest BCUT2D eigenvalue weighted by Crippen LogP contribution is 2.59. The molecule has 1 aromatic rings.